The maximum absolute atomic E-state index is 6.18. The molecule has 1 heterocycles. The van der Waals surface area contributed by atoms with Gasteiger partial charge in [-0.05, 0) is 24.5 Å². The Morgan fingerprint density at radius 2 is 2.00 bits per heavy atom. The molecule has 2 rings (SSSR count). The van der Waals surface area contributed by atoms with E-state index in [9.17, 15) is 0 Å². The highest BCUT2D eigenvalue weighted by atomic mass is 15.3. The van der Waals surface area contributed by atoms with Gasteiger partial charge in [0.05, 0.1) is 11.4 Å². The number of rotatable bonds is 5. The van der Waals surface area contributed by atoms with Crippen molar-refractivity contribution in [3.05, 3.63) is 35.5 Å². The van der Waals surface area contributed by atoms with E-state index in [-0.39, 0.29) is 0 Å². The van der Waals surface area contributed by atoms with Crippen LogP contribution >= 0.6 is 0 Å². The predicted molar refractivity (Wildman–Crippen MR) is 80.7 cm³/mol. The molecule has 1 aromatic heterocycles. The van der Waals surface area contributed by atoms with E-state index < -0.39 is 0 Å². The Kier molecular flexibility index (Phi) is 4.10. The molecule has 0 radical (unpaired) electrons. The smallest absolute Gasteiger partial charge is 0.152 e. The molecule has 0 saturated carbocycles. The number of anilines is 3. The van der Waals surface area contributed by atoms with Crippen LogP contribution in [0.2, 0.25) is 0 Å². The van der Waals surface area contributed by atoms with Crippen molar-refractivity contribution in [3.8, 4) is 0 Å². The highest BCUT2D eigenvalue weighted by Gasteiger charge is 2.13. The first kappa shape index (κ1) is 13.5. The molecule has 0 aliphatic rings. The van der Waals surface area contributed by atoms with Crippen molar-refractivity contribution in [3.63, 3.8) is 0 Å². The van der Waals surface area contributed by atoms with Crippen LogP contribution in [-0.2, 0) is 19.9 Å². The van der Waals surface area contributed by atoms with E-state index in [1.165, 1.54) is 5.56 Å². The molecule has 0 bridgehead atoms. The summed E-state index contributed by atoms with van der Waals surface area (Å²) in [7, 11) is 1.92. The van der Waals surface area contributed by atoms with Crippen LogP contribution in [0.15, 0.2) is 24.3 Å². The number of benzene rings is 1. The number of hydrogen-bond acceptors (Lipinski definition) is 3. The Bertz CT molecular complexity index is 557. The van der Waals surface area contributed by atoms with E-state index in [1.54, 1.807) is 0 Å². The zero-order valence-electron chi connectivity index (χ0n) is 11.9. The molecule has 19 heavy (non-hydrogen) atoms. The minimum Gasteiger partial charge on any atom is -0.394 e. The molecule has 1 aromatic carbocycles. The van der Waals surface area contributed by atoms with Gasteiger partial charge in [0, 0.05) is 12.7 Å². The number of nitrogens with one attached hydrogen (secondary N) is 1. The van der Waals surface area contributed by atoms with E-state index in [2.05, 4.69) is 42.5 Å². The van der Waals surface area contributed by atoms with Gasteiger partial charge in [-0.2, -0.15) is 5.10 Å². The summed E-state index contributed by atoms with van der Waals surface area (Å²) in [6.07, 6.45) is 2.95. The standard InChI is InChI=1S/C15H22N4/c1-4-8-13-14(16)15(19(3)18-13)17-12-10-7-6-9-11(12)5-2/h6-7,9-10,17H,4-5,8,16H2,1-3H3. The number of nitrogen functional groups attached to an aromatic ring is 1. The van der Waals surface area contributed by atoms with Crippen molar-refractivity contribution in [1.82, 2.24) is 9.78 Å². The van der Waals surface area contributed by atoms with Crippen molar-refractivity contribution < 1.29 is 0 Å². The fourth-order valence-electron chi connectivity index (χ4n) is 2.24. The van der Waals surface area contributed by atoms with Crippen molar-refractivity contribution in [2.24, 2.45) is 7.05 Å². The van der Waals surface area contributed by atoms with Gasteiger partial charge >= 0.3 is 0 Å². The summed E-state index contributed by atoms with van der Waals surface area (Å²) in [6, 6.07) is 8.28. The lowest BCUT2D eigenvalue weighted by Gasteiger charge is -2.11. The quantitative estimate of drug-likeness (QED) is 0.865. The van der Waals surface area contributed by atoms with Crippen LogP contribution in [0, 0.1) is 0 Å². The molecule has 0 spiro atoms. The number of aryl methyl sites for hydroxylation is 3. The van der Waals surface area contributed by atoms with Gasteiger partial charge in [-0.15, -0.1) is 0 Å². The first-order valence-corrected chi connectivity index (χ1v) is 6.83. The van der Waals surface area contributed by atoms with Crippen molar-refractivity contribution >= 4 is 17.2 Å². The lowest BCUT2D eigenvalue weighted by Crippen LogP contribution is -2.03. The average Bonchev–Trinajstić information content (AvgIpc) is 2.68. The van der Waals surface area contributed by atoms with Crippen LogP contribution in [-0.4, -0.2) is 9.78 Å². The van der Waals surface area contributed by atoms with E-state index in [4.69, 9.17) is 5.73 Å². The molecular formula is C15H22N4. The van der Waals surface area contributed by atoms with Crippen LogP contribution in [0.4, 0.5) is 17.2 Å². The molecule has 0 aliphatic carbocycles. The topological polar surface area (TPSA) is 55.9 Å². The minimum atomic E-state index is 0.759. The molecule has 3 N–H and O–H groups in total. The zero-order chi connectivity index (χ0) is 13.8. The Hall–Kier alpha value is -1.97. The molecule has 4 nitrogen and oxygen atoms in total. The Labute approximate surface area is 114 Å². The molecule has 2 aromatic rings. The minimum absolute atomic E-state index is 0.759. The Morgan fingerprint density at radius 3 is 2.68 bits per heavy atom. The molecule has 102 valence electrons. The Morgan fingerprint density at radius 1 is 1.26 bits per heavy atom. The first-order valence-electron chi connectivity index (χ1n) is 6.83. The van der Waals surface area contributed by atoms with Gasteiger partial charge in [-0.25, -0.2) is 0 Å². The highest BCUT2D eigenvalue weighted by Crippen LogP contribution is 2.28. The molecule has 0 fully saturated rings. The van der Waals surface area contributed by atoms with Gasteiger partial charge in [-0.1, -0.05) is 38.5 Å². The van der Waals surface area contributed by atoms with Crippen molar-refractivity contribution in [2.75, 3.05) is 11.1 Å². The lowest BCUT2D eigenvalue weighted by molar-refractivity contribution is 0.739. The molecule has 0 saturated heterocycles. The second-order valence-corrected chi connectivity index (χ2v) is 4.72. The van der Waals surface area contributed by atoms with Crippen molar-refractivity contribution in [2.45, 2.75) is 33.1 Å². The average molecular weight is 258 g/mol. The fourth-order valence-corrected chi connectivity index (χ4v) is 2.24. The summed E-state index contributed by atoms with van der Waals surface area (Å²) >= 11 is 0. The fraction of sp³-hybridized carbons (Fsp3) is 0.400. The SMILES string of the molecule is CCCc1nn(C)c(Nc2ccccc2CC)c1N. The lowest BCUT2D eigenvalue weighted by atomic mass is 10.1. The van der Waals surface area contributed by atoms with Gasteiger partial charge in [0.25, 0.3) is 0 Å². The van der Waals surface area contributed by atoms with E-state index in [0.29, 0.717) is 0 Å². The summed E-state index contributed by atoms with van der Waals surface area (Å²) < 4.78 is 1.83. The van der Waals surface area contributed by atoms with Crippen LogP contribution in [0.1, 0.15) is 31.5 Å². The third-order valence-corrected chi connectivity index (χ3v) is 3.30. The Balaban J connectivity index is 2.33. The first-order chi connectivity index (χ1) is 9.17. The van der Waals surface area contributed by atoms with Gasteiger partial charge in [0.2, 0.25) is 0 Å². The summed E-state index contributed by atoms with van der Waals surface area (Å²) in [5.41, 5.74) is 10.3. The second-order valence-electron chi connectivity index (χ2n) is 4.72. The van der Waals surface area contributed by atoms with E-state index in [0.717, 1.165) is 42.1 Å². The maximum Gasteiger partial charge on any atom is 0.152 e. The van der Waals surface area contributed by atoms with Crippen LogP contribution in [0.25, 0.3) is 0 Å². The van der Waals surface area contributed by atoms with Crippen LogP contribution in [0.3, 0.4) is 0 Å². The monoisotopic (exact) mass is 258 g/mol. The largest absolute Gasteiger partial charge is 0.394 e. The third kappa shape index (κ3) is 2.72. The van der Waals surface area contributed by atoms with Gasteiger partial charge < -0.3 is 11.1 Å². The molecule has 4 heteroatoms. The summed E-state index contributed by atoms with van der Waals surface area (Å²) in [5, 5.41) is 7.90. The van der Waals surface area contributed by atoms with Gasteiger partial charge in [-0.3, -0.25) is 4.68 Å². The molecule has 0 atom stereocenters. The third-order valence-electron chi connectivity index (χ3n) is 3.30. The molecule has 0 unspecified atom stereocenters. The van der Waals surface area contributed by atoms with Crippen LogP contribution in [0.5, 0.6) is 0 Å². The molecule has 0 aliphatic heterocycles. The number of hydrogen-bond donors (Lipinski definition) is 2. The summed E-state index contributed by atoms with van der Waals surface area (Å²) in [6.45, 7) is 4.28. The van der Waals surface area contributed by atoms with E-state index >= 15 is 0 Å². The number of aromatic nitrogens is 2. The molecule has 0 amide bonds. The maximum atomic E-state index is 6.18. The normalized spacial score (nSPS) is 10.7. The number of nitrogens with zero attached hydrogens (tertiary/aromatic N) is 2. The second kappa shape index (κ2) is 5.78. The number of nitrogens with two attached hydrogens (primary N) is 1. The summed E-state index contributed by atoms with van der Waals surface area (Å²) in [4.78, 5) is 0. The predicted octanol–water partition coefficient (Wildman–Crippen LogP) is 3.26. The number of para-hydroxylation sites is 1. The zero-order valence-corrected chi connectivity index (χ0v) is 11.9. The van der Waals surface area contributed by atoms with Gasteiger partial charge in [0.15, 0.2) is 5.82 Å². The summed E-state index contributed by atoms with van der Waals surface area (Å²) in [5.74, 6) is 0.879. The van der Waals surface area contributed by atoms with E-state index in [1.807, 2.05) is 17.8 Å². The highest BCUT2D eigenvalue weighted by molar-refractivity contribution is 5.72. The van der Waals surface area contributed by atoms with Crippen LogP contribution < -0.4 is 11.1 Å². The van der Waals surface area contributed by atoms with Gasteiger partial charge in [0.1, 0.15) is 0 Å². The molecular weight excluding hydrogens is 236 g/mol. The van der Waals surface area contributed by atoms with Crippen molar-refractivity contribution in [1.29, 1.82) is 0 Å².